The van der Waals surface area contributed by atoms with Crippen molar-refractivity contribution in [2.24, 2.45) is 0 Å². The molecule has 0 aliphatic heterocycles. The Kier molecular flexibility index (Phi) is 6.13. The standard InChI is InChI=1S/C26H24N2O3/c1-31-21-13-10-20(11-14-21)24(28-23(29)16-9-18-6-3-2-4-7-18)22-15-12-19-8-5-17-27-25(19)26(22)30/h2-8,10-15,17,24,30H,9,16H2,1H3,(H,28,29)/t24-/m1/s1. The van der Waals surface area contributed by atoms with E-state index in [1.54, 1.807) is 13.3 Å². The quantitative estimate of drug-likeness (QED) is 0.458. The molecule has 0 saturated carbocycles. The monoisotopic (exact) mass is 412 g/mol. The third-order valence-corrected chi connectivity index (χ3v) is 5.33. The van der Waals surface area contributed by atoms with Gasteiger partial charge in [0.05, 0.1) is 13.2 Å². The molecule has 0 saturated heterocycles. The maximum Gasteiger partial charge on any atom is 0.221 e. The van der Waals surface area contributed by atoms with Crippen molar-refractivity contribution in [3.05, 3.63) is 102 Å². The van der Waals surface area contributed by atoms with Gasteiger partial charge in [-0.3, -0.25) is 9.78 Å². The number of aromatic hydroxyl groups is 1. The van der Waals surface area contributed by atoms with Gasteiger partial charge in [-0.1, -0.05) is 60.7 Å². The van der Waals surface area contributed by atoms with E-state index in [-0.39, 0.29) is 11.7 Å². The van der Waals surface area contributed by atoms with Crippen LogP contribution in [0, 0.1) is 0 Å². The number of rotatable bonds is 7. The molecule has 3 aromatic carbocycles. The number of phenols is 1. The highest BCUT2D eigenvalue weighted by atomic mass is 16.5. The SMILES string of the molecule is COc1ccc([C@@H](NC(=O)CCc2ccccc2)c2ccc3cccnc3c2O)cc1. The van der Waals surface area contributed by atoms with E-state index >= 15 is 0 Å². The second-order valence-corrected chi connectivity index (χ2v) is 7.34. The van der Waals surface area contributed by atoms with E-state index in [0.717, 1.165) is 22.3 Å². The highest BCUT2D eigenvalue weighted by molar-refractivity contribution is 5.86. The molecule has 0 unspecified atom stereocenters. The first-order valence-electron chi connectivity index (χ1n) is 10.2. The molecule has 1 atom stereocenters. The van der Waals surface area contributed by atoms with Gasteiger partial charge in [-0.25, -0.2) is 0 Å². The van der Waals surface area contributed by atoms with Gasteiger partial charge in [0.1, 0.15) is 17.0 Å². The molecule has 0 aliphatic rings. The van der Waals surface area contributed by atoms with Crippen molar-refractivity contribution < 1.29 is 14.6 Å². The molecule has 1 aromatic heterocycles. The van der Waals surface area contributed by atoms with Crippen LogP contribution >= 0.6 is 0 Å². The molecular formula is C26H24N2O3. The molecule has 4 aromatic rings. The minimum Gasteiger partial charge on any atom is -0.505 e. The van der Waals surface area contributed by atoms with Crippen molar-refractivity contribution in [1.29, 1.82) is 0 Å². The average molecular weight is 412 g/mol. The zero-order valence-electron chi connectivity index (χ0n) is 17.3. The van der Waals surface area contributed by atoms with E-state index in [4.69, 9.17) is 4.74 Å². The van der Waals surface area contributed by atoms with Crippen LogP contribution in [-0.4, -0.2) is 23.1 Å². The molecule has 1 heterocycles. The molecule has 5 heteroatoms. The van der Waals surface area contributed by atoms with Crippen molar-refractivity contribution in [3.8, 4) is 11.5 Å². The number of fused-ring (bicyclic) bond motifs is 1. The van der Waals surface area contributed by atoms with Gasteiger partial charge in [0.2, 0.25) is 5.91 Å². The highest BCUT2D eigenvalue weighted by Crippen LogP contribution is 2.35. The van der Waals surface area contributed by atoms with Gasteiger partial charge in [-0.05, 0) is 35.7 Å². The summed E-state index contributed by atoms with van der Waals surface area (Å²) < 4.78 is 5.26. The number of pyridine rings is 1. The first-order valence-corrected chi connectivity index (χ1v) is 10.2. The van der Waals surface area contributed by atoms with Gasteiger partial charge in [-0.15, -0.1) is 0 Å². The van der Waals surface area contributed by atoms with Gasteiger partial charge in [-0.2, -0.15) is 0 Å². The van der Waals surface area contributed by atoms with Crippen LogP contribution < -0.4 is 10.1 Å². The number of benzene rings is 3. The number of nitrogens with zero attached hydrogens (tertiary/aromatic N) is 1. The molecule has 0 radical (unpaired) electrons. The van der Waals surface area contributed by atoms with E-state index in [1.807, 2.05) is 78.9 Å². The van der Waals surface area contributed by atoms with E-state index < -0.39 is 6.04 Å². The van der Waals surface area contributed by atoms with Crippen LogP contribution in [0.1, 0.15) is 29.2 Å². The number of aromatic nitrogens is 1. The largest absolute Gasteiger partial charge is 0.505 e. The summed E-state index contributed by atoms with van der Waals surface area (Å²) in [6.45, 7) is 0. The molecule has 5 nitrogen and oxygen atoms in total. The molecule has 0 spiro atoms. The fraction of sp³-hybridized carbons (Fsp3) is 0.154. The van der Waals surface area contributed by atoms with Crippen molar-refractivity contribution in [2.45, 2.75) is 18.9 Å². The fourth-order valence-corrected chi connectivity index (χ4v) is 3.65. The van der Waals surface area contributed by atoms with Gasteiger partial charge in [0, 0.05) is 23.6 Å². The maximum absolute atomic E-state index is 12.8. The van der Waals surface area contributed by atoms with Crippen molar-refractivity contribution in [1.82, 2.24) is 10.3 Å². The van der Waals surface area contributed by atoms with Crippen molar-refractivity contribution >= 4 is 16.8 Å². The van der Waals surface area contributed by atoms with Gasteiger partial charge in [0.15, 0.2) is 0 Å². The first kappa shape index (κ1) is 20.4. The molecule has 0 aliphatic carbocycles. The lowest BCUT2D eigenvalue weighted by Gasteiger charge is -2.22. The summed E-state index contributed by atoms with van der Waals surface area (Å²) in [6.07, 6.45) is 2.64. The molecule has 0 fully saturated rings. The summed E-state index contributed by atoms with van der Waals surface area (Å²) in [5, 5.41) is 14.9. The number of hydrogen-bond acceptors (Lipinski definition) is 4. The normalized spacial score (nSPS) is 11.8. The van der Waals surface area contributed by atoms with Crippen LogP contribution in [0.3, 0.4) is 0 Å². The Morgan fingerprint density at radius 3 is 2.52 bits per heavy atom. The van der Waals surface area contributed by atoms with Gasteiger partial charge in [0.25, 0.3) is 0 Å². The number of aryl methyl sites for hydroxylation is 1. The van der Waals surface area contributed by atoms with Crippen molar-refractivity contribution in [2.75, 3.05) is 7.11 Å². The summed E-state index contributed by atoms with van der Waals surface area (Å²) in [5.74, 6) is 0.703. The van der Waals surface area contributed by atoms with Crippen LogP contribution in [0.15, 0.2) is 85.1 Å². The number of carbonyl (C=O) groups is 1. The summed E-state index contributed by atoms with van der Waals surface area (Å²) in [7, 11) is 1.61. The molecule has 2 N–H and O–H groups in total. The number of ether oxygens (including phenoxy) is 1. The minimum atomic E-state index is -0.513. The van der Waals surface area contributed by atoms with E-state index in [2.05, 4.69) is 10.3 Å². The molecule has 0 bridgehead atoms. The van der Waals surface area contributed by atoms with Crippen LogP contribution in [0.25, 0.3) is 10.9 Å². The van der Waals surface area contributed by atoms with Gasteiger partial charge < -0.3 is 15.2 Å². The van der Waals surface area contributed by atoms with Gasteiger partial charge >= 0.3 is 0 Å². The Morgan fingerprint density at radius 2 is 1.77 bits per heavy atom. The van der Waals surface area contributed by atoms with Crippen LogP contribution in [0.4, 0.5) is 0 Å². The van der Waals surface area contributed by atoms with Crippen LogP contribution in [-0.2, 0) is 11.2 Å². The third kappa shape index (κ3) is 4.67. The lowest BCUT2D eigenvalue weighted by molar-refractivity contribution is -0.121. The number of phenolic OH excluding ortho intramolecular Hbond substituents is 1. The summed E-state index contributed by atoms with van der Waals surface area (Å²) in [4.78, 5) is 17.2. The Hall–Kier alpha value is -3.86. The Bertz CT molecular complexity index is 1170. The fourth-order valence-electron chi connectivity index (χ4n) is 3.65. The molecule has 156 valence electrons. The number of nitrogens with one attached hydrogen (secondary N) is 1. The summed E-state index contributed by atoms with van der Waals surface area (Å²) >= 11 is 0. The van der Waals surface area contributed by atoms with Crippen molar-refractivity contribution in [3.63, 3.8) is 0 Å². The third-order valence-electron chi connectivity index (χ3n) is 5.33. The topological polar surface area (TPSA) is 71.5 Å². The molecule has 4 rings (SSSR count). The molecule has 31 heavy (non-hydrogen) atoms. The zero-order chi connectivity index (χ0) is 21.6. The second-order valence-electron chi connectivity index (χ2n) is 7.34. The van der Waals surface area contributed by atoms with E-state index in [0.29, 0.717) is 23.9 Å². The average Bonchev–Trinajstić information content (AvgIpc) is 2.83. The van der Waals surface area contributed by atoms with Crippen LogP contribution in [0.5, 0.6) is 11.5 Å². The summed E-state index contributed by atoms with van der Waals surface area (Å²) in [5.41, 5.74) is 3.07. The Balaban J connectivity index is 1.64. The minimum absolute atomic E-state index is 0.0716. The zero-order valence-corrected chi connectivity index (χ0v) is 17.3. The molecule has 1 amide bonds. The second kappa shape index (κ2) is 9.30. The number of hydrogen-bond donors (Lipinski definition) is 2. The predicted octanol–water partition coefficient (Wildman–Crippen LogP) is 4.79. The van der Waals surface area contributed by atoms with E-state index in [9.17, 15) is 9.90 Å². The molecular weight excluding hydrogens is 388 g/mol. The predicted molar refractivity (Wildman–Crippen MR) is 121 cm³/mol. The smallest absolute Gasteiger partial charge is 0.221 e. The summed E-state index contributed by atoms with van der Waals surface area (Å²) in [6, 6.07) is 24.3. The lowest BCUT2D eigenvalue weighted by atomic mass is 9.95. The van der Waals surface area contributed by atoms with E-state index in [1.165, 1.54) is 0 Å². The maximum atomic E-state index is 12.8. The first-order chi connectivity index (χ1) is 15.2. The number of amides is 1. The Morgan fingerprint density at radius 1 is 1.00 bits per heavy atom. The van der Waals surface area contributed by atoms with Crippen LogP contribution in [0.2, 0.25) is 0 Å². The highest BCUT2D eigenvalue weighted by Gasteiger charge is 2.22. The Labute approximate surface area is 181 Å². The lowest BCUT2D eigenvalue weighted by Crippen LogP contribution is -2.29. The number of carbonyl (C=O) groups excluding carboxylic acids is 1. The number of methoxy groups -OCH3 is 1.